The van der Waals surface area contributed by atoms with Crippen molar-refractivity contribution in [2.24, 2.45) is 0 Å². The van der Waals surface area contributed by atoms with E-state index in [0.717, 1.165) is 28.8 Å². The lowest BCUT2D eigenvalue weighted by molar-refractivity contribution is 0.327. The molecule has 1 heterocycles. The number of hydrogen-bond donors (Lipinski definition) is 1. The van der Waals surface area contributed by atoms with Gasteiger partial charge < -0.3 is 24.4 Å². The van der Waals surface area contributed by atoms with E-state index in [2.05, 4.69) is 42.6 Å². The summed E-state index contributed by atoms with van der Waals surface area (Å²) >= 11 is 0. The Morgan fingerprint density at radius 1 is 0.967 bits per heavy atom. The Kier molecular flexibility index (Phi) is 7.00. The quantitative estimate of drug-likeness (QED) is 0.571. The predicted octanol–water partition coefficient (Wildman–Crippen LogP) is 4.22. The highest BCUT2D eigenvalue weighted by Crippen LogP contribution is 2.43. The molecule has 1 N–H and O–H groups in total. The fourth-order valence-electron chi connectivity index (χ4n) is 3.66. The second-order valence-corrected chi connectivity index (χ2v) is 7.52. The van der Waals surface area contributed by atoms with Crippen molar-refractivity contribution in [3.63, 3.8) is 0 Å². The van der Waals surface area contributed by atoms with Crippen molar-refractivity contribution in [3.05, 3.63) is 53.6 Å². The van der Waals surface area contributed by atoms with Gasteiger partial charge in [-0.3, -0.25) is 0 Å². The molecule has 2 aromatic carbocycles. The Hall–Kier alpha value is -2.99. The Balaban J connectivity index is 1.93. The summed E-state index contributed by atoms with van der Waals surface area (Å²) in [6.45, 7) is 3.80. The minimum absolute atomic E-state index is 0.418. The van der Waals surface area contributed by atoms with Crippen LogP contribution in [0.5, 0.6) is 17.2 Å². The van der Waals surface area contributed by atoms with Gasteiger partial charge in [0.15, 0.2) is 11.5 Å². The maximum atomic E-state index is 5.67. The topological polar surface area (TPSA) is 55.9 Å². The maximum absolute atomic E-state index is 5.67. The summed E-state index contributed by atoms with van der Waals surface area (Å²) in [4.78, 5) is 6.92. The zero-order valence-electron chi connectivity index (χ0n) is 18.7. The smallest absolute Gasteiger partial charge is 0.204 e. The van der Waals surface area contributed by atoms with Gasteiger partial charge in [0.2, 0.25) is 5.75 Å². The third kappa shape index (κ3) is 4.44. The fraction of sp³-hybridized carbons (Fsp3) is 0.375. The number of rotatable bonds is 9. The first-order valence-corrected chi connectivity index (χ1v) is 10.1. The number of nitrogens with one attached hydrogen (secondary N) is 1. The van der Waals surface area contributed by atoms with E-state index in [0.29, 0.717) is 29.7 Å². The molecule has 160 valence electrons. The summed E-state index contributed by atoms with van der Waals surface area (Å²) in [7, 11) is 8.87. The summed E-state index contributed by atoms with van der Waals surface area (Å²) < 4.78 is 16.7. The zero-order valence-corrected chi connectivity index (χ0v) is 18.7. The van der Waals surface area contributed by atoms with Gasteiger partial charge in [-0.1, -0.05) is 37.3 Å². The van der Waals surface area contributed by atoms with Crippen LogP contribution in [0, 0.1) is 0 Å². The van der Waals surface area contributed by atoms with Gasteiger partial charge in [0, 0.05) is 44.2 Å². The summed E-state index contributed by atoms with van der Waals surface area (Å²) in [6, 6.07) is 14.6. The van der Waals surface area contributed by atoms with Gasteiger partial charge in [0.1, 0.15) is 5.82 Å². The lowest BCUT2D eigenvalue weighted by Gasteiger charge is -2.21. The molecule has 1 aromatic heterocycles. The van der Waals surface area contributed by atoms with Crippen LogP contribution in [0.3, 0.4) is 0 Å². The molecule has 0 aliphatic rings. The van der Waals surface area contributed by atoms with E-state index in [1.54, 1.807) is 21.3 Å². The maximum Gasteiger partial charge on any atom is 0.204 e. The molecule has 0 aliphatic heterocycles. The number of aromatic nitrogens is 1. The van der Waals surface area contributed by atoms with E-state index in [1.807, 2.05) is 31.1 Å². The third-order valence-electron chi connectivity index (χ3n) is 5.24. The lowest BCUT2D eigenvalue weighted by atomic mass is 10.0. The molecular formula is C24H31N3O3. The van der Waals surface area contributed by atoms with Crippen LogP contribution in [-0.4, -0.2) is 47.0 Å². The monoisotopic (exact) mass is 409 g/mol. The average Bonchev–Trinajstić information content (AvgIpc) is 2.77. The number of nitrogens with zero attached hydrogens (tertiary/aromatic N) is 2. The molecule has 3 aromatic rings. The number of pyridine rings is 1. The molecule has 3 rings (SSSR count). The number of fused-ring (bicyclic) bond motifs is 1. The Bertz CT molecular complexity index is 990. The van der Waals surface area contributed by atoms with Gasteiger partial charge in [-0.15, -0.1) is 0 Å². The van der Waals surface area contributed by atoms with Crippen molar-refractivity contribution in [2.45, 2.75) is 19.4 Å². The lowest BCUT2D eigenvalue weighted by Crippen LogP contribution is -2.22. The van der Waals surface area contributed by atoms with Crippen molar-refractivity contribution in [1.82, 2.24) is 10.3 Å². The van der Waals surface area contributed by atoms with Gasteiger partial charge >= 0.3 is 0 Å². The van der Waals surface area contributed by atoms with Crippen molar-refractivity contribution >= 4 is 16.7 Å². The van der Waals surface area contributed by atoms with Gasteiger partial charge in [0.25, 0.3) is 0 Å². The van der Waals surface area contributed by atoms with Crippen LogP contribution >= 0.6 is 0 Å². The molecular weight excluding hydrogens is 378 g/mol. The Morgan fingerprint density at radius 3 is 2.27 bits per heavy atom. The van der Waals surface area contributed by atoms with Crippen LogP contribution in [0.2, 0.25) is 0 Å². The second kappa shape index (κ2) is 9.67. The summed E-state index contributed by atoms with van der Waals surface area (Å²) in [5.74, 6) is 3.13. The van der Waals surface area contributed by atoms with Crippen LogP contribution in [0.15, 0.2) is 42.5 Å². The van der Waals surface area contributed by atoms with Gasteiger partial charge in [-0.25, -0.2) is 4.98 Å². The van der Waals surface area contributed by atoms with Crippen molar-refractivity contribution in [2.75, 3.05) is 46.9 Å². The second-order valence-electron chi connectivity index (χ2n) is 7.52. The molecule has 0 saturated carbocycles. The molecule has 0 aliphatic carbocycles. The molecule has 0 radical (unpaired) electrons. The Morgan fingerprint density at radius 2 is 1.67 bits per heavy atom. The van der Waals surface area contributed by atoms with Crippen LogP contribution in [0.4, 0.5) is 5.82 Å². The standard InChI is InChI=1S/C24H31N3O3/c1-16(17-10-8-7-9-11-17)14-25-15-18-12-19-20(26-24(18)27(2)3)13-21(28-4)23(30-6)22(19)29-5/h7-13,16,25H,14-15H2,1-6H3. The molecule has 6 nitrogen and oxygen atoms in total. The first-order valence-electron chi connectivity index (χ1n) is 10.1. The summed E-state index contributed by atoms with van der Waals surface area (Å²) in [5, 5.41) is 4.48. The number of methoxy groups -OCH3 is 3. The zero-order chi connectivity index (χ0) is 21.7. The number of benzene rings is 2. The van der Waals surface area contributed by atoms with Gasteiger partial charge in [-0.05, 0) is 17.5 Å². The highest BCUT2D eigenvalue weighted by molar-refractivity contribution is 5.92. The van der Waals surface area contributed by atoms with Crippen molar-refractivity contribution in [1.29, 1.82) is 0 Å². The average molecular weight is 410 g/mol. The highest BCUT2D eigenvalue weighted by Gasteiger charge is 2.19. The van der Waals surface area contributed by atoms with E-state index in [9.17, 15) is 0 Å². The van der Waals surface area contributed by atoms with E-state index >= 15 is 0 Å². The number of ether oxygens (including phenoxy) is 3. The molecule has 0 fully saturated rings. The van der Waals surface area contributed by atoms with Crippen LogP contribution in [-0.2, 0) is 6.54 Å². The van der Waals surface area contributed by atoms with Crippen LogP contribution < -0.4 is 24.4 Å². The summed E-state index contributed by atoms with van der Waals surface area (Å²) in [6.07, 6.45) is 0. The minimum Gasteiger partial charge on any atom is -0.493 e. The van der Waals surface area contributed by atoms with E-state index in [1.165, 1.54) is 5.56 Å². The van der Waals surface area contributed by atoms with E-state index < -0.39 is 0 Å². The summed E-state index contributed by atoms with van der Waals surface area (Å²) in [5.41, 5.74) is 3.22. The Labute approximate surface area is 178 Å². The number of anilines is 1. The molecule has 0 bridgehead atoms. The SMILES string of the molecule is COc1cc2nc(N(C)C)c(CNCC(C)c3ccccc3)cc2c(OC)c1OC. The molecule has 0 amide bonds. The normalized spacial score (nSPS) is 11.9. The molecule has 30 heavy (non-hydrogen) atoms. The molecule has 1 unspecified atom stereocenters. The molecule has 1 atom stereocenters. The third-order valence-corrected chi connectivity index (χ3v) is 5.24. The molecule has 0 spiro atoms. The van der Waals surface area contributed by atoms with Crippen LogP contribution in [0.1, 0.15) is 24.0 Å². The minimum atomic E-state index is 0.418. The first-order chi connectivity index (χ1) is 14.5. The number of hydrogen-bond acceptors (Lipinski definition) is 6. The highest BCUT2D eigenvalue weighted by atomic mass is 16.5. The predicted molar refractivity (Wildman–Crippen MR) is 122 cm³/mol. The van der Waals surface area contributed by atoms with Gasteiger partial charge in [0.05, 0.1) is 26.8 Å². The molecule has 6 heteroatoms. The van der Waals surface area contributed by atoms with Gasteiger partial charge in [-0.2, -0.15) is 0 Å². The fourth-order valence-corrected chi connectivity index (χ4v) is 3.66. The largest absolute Gasteiger partial charge is 0.493 e. The van der Waals surface area contributed by atoms with Crippen molar-refractivity contribution < 1.29 is 14.2 Å². The molecule has 0 saturated heterocycles. The van der Waals surface area contributed by atoms with Crippen molar-refractivity contribution in [3.8, 4) is 17.2 Å². The first kappa shape index (κ1) is 21.7. The van der Waals surface area contributed by atoms with E-state index in [4.69, 9.17) is 19.2 Å². The van der Waals surface area contributed by atoms with E-state index in [-0.39, 0.29) is 0 Å². The van der Waals surface area contributed by atoms with Crippen LogP contribution in [0.25, 0.3) is 10.9 Å².